The zero-order valence-electron chi connectivity index (χ0n) is 42.6. The largest absolute Gasteiger partial charge is 0.399 e. The van der Waals surface area contributed by atoms with E-state index in [1.165, 1.54) is 30.4 Å². The Morgan fingerprint density at radius 1 is 0.640 bits per heavy atom. The molecule has 0 amide bonds. The molecule has 2 atom stereocenters. The van der Waals surface area contributed by atoms with Crippen molar-refractivity contribution in [2.45, 2.75) is 77.8 Å². The van der Waals surface area contributed by atoms with Crippen molar-refractivity contribution in [3.8, 4) is 0 Å². The third-order valence-corrected chi connectivity index (χ3v) is 13.7. The van der Waals surface area contributed by atoms with Crippen LogP contribution in [-0.4, -0.2) is 87.0 Å². The van der Waals surface area contributed by atoms with Gasteiger partial charge in [0.2, 0.25) is 5.82 Å². The lowest BCUT2D eigenvalue weighted by atomic mass is 10.0. The Kier molecular flexibility index (Phi) is 17.5. The van der Waals surface area contributed by atoms with Crippen molar-refractivity contribution < 1.29 is 14.2 Å². The molecule has 2 saturated heterocycles. The SMILES string of the molecule is Cc1cc(CN(Cc2cn(C)c3ccccc3c2=O)[C@H]2CCCN(c3cccnc3[N+](=O)[O-])C2)ccn1.Cc1cc(CN(Cc2cn(C)c3ccccc3c2=O)[C@H]2CCCNC2)ccn1.O=[N+]([O-])c1ncccc1F. The van der Waals surface area contributed by atoms with Crippen molar-refractivity contribution in [3.63, 3.8) is 0 Å². The van der Waals surface area contributed by atoms with Gasteiger partial charge in [-0.05, 0) is 150 Å². The topological polar surface area (TPSA) is 204 Å². The summed E-state index contributed by atoms with van der Waals surface area (Å²) in [5, 5.41) is 26.6. The second-order valence-electron chi connectivity index (χ2n) is 19.1. The predicted molar refractivity (Wildman–Crippen MR) is 288 cm³/mol. The number of halogens is 1. The van der Waals surface area contributed by atoms with Crippen LogP contribution >= 0.6 is 0 Å². The Balaban J connectivity index is 0.000000172. The van der Waals surface area contributed by atoms with E-state index in [1.54, 1.807) is 12.1 Å². The van der Waals surface area contributed by atoms with E-state index in [-0.39, 0.29) is 22.7 Å². The molecule has 2 aliphatic rings. The molecule has 0 spiro atoms. The van der Waals surface area contributed by atoms with Gasteiger partial charge in [0.05, 0.1) is 11.0 Å². The summed E-state index contributed by atoms with van der Waals surface area (Å²) in [6.07, 6.45) is 14.4. The molecule has 10 rings (SSSR count). The number of para-hydroxylation sites is 2. The highest BCUT2D eigenvalue weighted by atomic mass is 19.1. The molecule has 75 heavy (non-hydrogen) atoms. The van der Waals surface area contributed by atoms with Crippen LogP contribution in [0.1, 0.15) is 59.3 Å². The summed E-state index contributed by atoms with van der Waals surface area (Å²) in [4.78, 5) is 69.6. The molecule has 0 saturated carbocycles. The maximum absolute atomic E-state index is 13.5. The van der Waals surface area contributed by atoms with Crippen molar-refractivity contribution in [3.05, 3.63) is 214 Å². The number of pyridine rings is 6. The molecule has 0 bridgehead atoms. The minimum Gasteiger partial charge on any atom is -0.363 e. The molecular weight excluding hydrogens is 956 g/mol. The molecule has 2 aromatic carbocycles. The van der Waals surface area contributed by atoms with Crippen molar-refractivity contribution in [1.29, 1.82) is 0 Å². The van der Waals surface area contributed by atoms with Gasteiger partial charge in [-0.25, -0.2) is 0 Å². The highest BCUT2D eigenvalue weighted by Crippen LogP contribution is 2.30. The molecule has 0 unspecified atom stereocenters. The normalized spacial score (nSPS) is 15.5. The molecule has 0 radical (unpaired) electrons. The number of fused-ring (bicyclic) bond motifs is 2. The van der Waals surface area contributed by atoms with Gasteiger partial charge in [-0.15, -0.1) is 0 Å². The average molecular weight is 1020 g/mol. The van der Waals surface area contributed by atoms with Crippen LogP contribution in [0.2, 0.25) is 0 Å². The van der Waals surface area contributed by atoms with E-state index < -0.39 is 21.5 Å². The van der Waals surface area contributed by atoms with E-state index in [0.717, 1.165) is 96.0 Å². The Morgan fingerprint density at radius 3 is 1.67 bits per heavy atom. The van der Waals surface area contributed by atoms with E-state index in [0.29, 0.717) is 43.3 Å². The second-order valence-corrected chi connectivity index (χ2v) is 19.1. The van der Waals surface area contributed by atoms with Crippen LogP contribution in [0.5, 0.6) is 0 Å². The van der Waals surface area contributed by atoms with Crippen LogP contribution in [0.15, 0.2) is 144 Å². The monoisotopic (exact) mass is 1020 g/mol. The average Bonchev–Trinajstić information content (AvgIpc) is 3.42. The molecule has 8 heterocycles. The minimum absolute atomic E-state index is 0.0418. The van der Waals surface area contributed by atoms with Gasteiger partial charge in [0, 0.05) is 130 Å². The first kappa shape index (κ1) is 53.2. The summed E-state index contributed by atoms with van der Waals surface area (Å²) in [5.41, 5.74) is 8.54. The van der Waals surface area contributed by atoms with E-state index in [2.05, 4.69) is 62.7 Å². The van der Waals surface area contributed by atoms with Gasteiger partial charge in [0.15, 0.2) is 10.9 Å². The number of hydrogen-bond donors (Lipinski definition) is 1. The number of nitro groups is 2. The number of aromatic nitrogens is 6. The minimum atomic E-state index is -0.910. The molecule has 18 nitrogen and oxygen atoms in total. The Hall–Kier alpha value is -8.13. The number of hydrogen-bond acceptors (Lipinski definition) is 14. The first-order chi connectivity index (χ1) is 36.2. The highest BCUT2D eigenvalue weighted by Gasteiger charge is 2.30. The molecule has 19 heteroatoms. The first-order valence-corrected chi connectivity index (χ1v) is 25.0. The summed E-state index contributed by atoms with van der Waals surface area (Å²) in [7, 11) is 3.98. The Bertz CT molecular complexity index is 3420. The van der Waals surface area contributed by atoms with Crippen LogP contribution in [0.25, 0.3) is 21.8 Å². The third kappa shape index (κ3) is 13.4. The summed E-state index contributed by atoms with van der Waals surface area (Å²) < 4.78 is 16.4. The molecule has 8 aromatic rings. The predicted octanol–water partition coefficient (Wildman–Crippen LogP) is 8.34. The lowest BCUT2D eigenvalue weighted by Crippen LogP contribution is -2.48. The summed E-state index contributed by atoms with van der Waals surface area (Å²) in [6, 6.07) is 30.1. The van der Waals surface area contributed by atoms with E-state index in [4.69, 9.17) is 0 Å². The van der Waals surface area contributed by atoms with E-state index in [1.807, 2.05) is 112 Å². The summed E-state index contributed by atoms with van der Waals surface area (Å²) in [6.45, 7) is 9.99. The number of rotatable bonds is 13. The van der Waals surface area contributed by atoms with Gasteiger partial charge in [-0.3, -0.25) is 29.4 Å². The molecular formula is C56H61FN12O6. The van der Waals surface area contributed by atoms with E-state index >= 15 is 0 Å². The van der Waals surface area contributed by atoms with Gasteiger partial charge in [-0.1, -0.05) is 24.3 Å². The third-order valence-electron chi connectivity index (χ3n) is 13.7. The molecule has 1 N–H and O–H groups in total. The molecule has 2 fully saturated rings. The van der Waals surface area contributed by atoms with Gasteiger partial charge >= 0.3 is 11.6 Å². The van der Waals surface area contributed by atoms with Crippen molar-refractivity contribution in [1.82, 2.24) is 44.2 Å². The lowest BCUT2D eigenvalue weighted by molar-refractivity contribution is -0.392. The smallest absolute Gasteiger partial charge is 0.363 e. The Morgan fingerprint density at radius 2 is 1.16 bits per heavy atom. The van der Waals surface area contributed by atoms with Gasteiger partial charge in [-0.2, -0.15) is 4.39 Å². The van der Waals surface area contributed by atoms with E-state index in [9.17, 15) is 34.2 Å². The molecule has 2 aliphatic heterocycles. The fraction of sp³-hybridized carbons (Fsp3) is 0.321. The quantitative estimate of drug-likeness (QED) is 0.0852. The number of aryl methyl sites for hydroxylation is 4. The maximum Gasteiger partial charge on any atom is 0.399 e. The summed E-state index contributed by atoms with van der Waals surface area (Å²) in [5.74, 6) is -1.77. The number of benzene rings is 2. The molecule has 388 valence electrons. The van der Waals surface area contributed by atoms with Crippen LogP contribution in [-0.2, 0) is 40.3 Å². The standard InChI is InChI=1S/C28H30N6O3.C23H28N4O.C5H3FN2O2/c1-20-15-21(11-13-29-20)16-33(18-22-17-31(2)25-9-4-3-8-24(25)27(22)35)23-7-6-14-32(19-23)26-10-5-12-30-28(26)34(36)37;1-17-12-18(9-11-25-17)14-27(20-6-5-10-24-13-20)16-19-15-26(2)22-8-4-3-7-21(22)23(19)28;6-4-2-1-3-7-5(4)8(9)10/h3-5,8-13,15,17,23H,6-7,14,16,18-19H2,1-2H3;3-4,7-9,11-12,15,20,24H,5-6,10,13-14,16H2,1-2H3;1-3H/t23-;20-;/m00./s1. The fourth-order valence-corrected chi connectivity index (χ4v) is 10.1. The lowest BCUT2D eigenvalue weighted by Gasteiger charge is -2.40. The highest BCUT2D eigenvalue weighted by molar-refractivity contribution is 5.80. The van der Waals surface area contributed by atoms with Gasteiger partial charge < -0.3 is 39.6 Å². The Labute approximate surface area is 433 Å². The van der Waals surface area contributed by atoms with Crippen molar-refractivity contribution >= 4 is 39.1 Å². The maximum atomic E-state index is 13.5. The van der Waals surface area contributed by atoms with Crippen LogP contribution < -0.4 is 21.1 Å². The van der Waals surface area contributed by atoms with Crippen LogP contribution in [0.3, 0.4) is 0 Å². The summed E-state index contributed by atoms with van der Waals surface area (Å²) >= 11 is 0. The molecule has 0 aliphatic carbocycles. The zero-order chi connectivity index (χ0) is 53.0. The van der Waals surface area contributed by atoms with Crippen LogP contribution in [0.4, 0.5) is 21.7 Å². The number of anilines is 1. The van der Waals surface area contributed by atoms with Gasteiger partial charge in [0.25, 0.3) is 0 Å². The zero-order valence-corrected chi connectivity index (χ0v) is 42.6. The molecule has 6 aromatic heterocycles. The van der Waals surface area contributed by atoms with Crippen molar-refractivity contribution in [2.75, 3.05) is 31.1 Å². The number of piperidine rings is 2. The second kappa shape index (κ2) is 24.7. The number of nitrogens with one attached hydrogen (secondary N) is 1. The first-order valence-electron chi connectivity index (χ1n) is 25.0. The van der Waals surface area contributed by atoms with Crippen molar-refractivity contribution in [2.24, 2.45) is 14.1 Å². The van der Waals surface area contributed by atoms with Gasteiger partial charge in [0.1, 0.15) is 18.1 Å². The number of nitrogens with zero attached hydrogens (tertiary/aromatic N) is 11. The fourth-order valence-electron chi connectivity index (χ4n) is 10.1. The van der Waals surface area contributed by atoms with Crippen LogP contribution in [0, 0.1) is 39.9 Å².